The molecular formula is C20H29N7O2S. The van der Waals surface area contributed by atoms with Crippen LogP contribution in [0.1, 0.15) is 20.4 Å². The number of carbonyl (C=O) groups excluding carboxylic acids is 1. The van der Waals surface area contributed by atoms with Crippen LogP contribution >= 0.6 is 11.3 Å². The van der Waals surface area contributed by atoms with Crippen LogP contribution < -0.4 is 9.80 Å². The number of β-amino-alcohol motifs (C(OH)–C–C–N with tert-alkyl or cyclic N) is 1. The van der Waals surface area contributed by atoms with Gasteiger partial charge in [0.25, 0.3) is 5.91 Å². The van der Waals surface area contributed by atoms with E-state index in [-0.39, 0.29) is 12.5 Å². The van der Waals surface area contributed by atoms with Crippen LogP contribution in [-0.4, -0.2) is 102 Å². The number of anilines is 2. The van der Waals surface area contributed by atoms with Gasteiger partial charge in [-0.1, -0.05) is 0 Å². The second kappa shape index (κ2) is 9.23. The van der Waals surface area contributed by atoms with Crippen LogP contribution in [0.25, 0.3) is 0 Å². The first kappa shape index (κ1) is 21.0. The molecule has 4 rings (SSSR count). The van der Waals surface area contributed by atoms with E-state index < -0.39 is 0 Å². The van der Waals surface area contributed by atoms with Crippen molar-refractivity contribution < 1.29 is 9.90 Å². The molecule has 4 heterocycles. The molecule has 2 aliphatic rings. The van der Waals surface area contributed by atoms with Crippen molar-refractivity contribution in [3.63, 3.8) is 0 Å². The number of rotatable bonds is 5. The minimum atomic E-state index is 0.0829. The van der Waals surface area contributed by atoms with E-state index in [0.717, 1.165) is 73.0 Å². The summed E-state index contributed by atoms with van der Waals surface area (Å²) in [6.45, 7) is 11.3. The van der Waals surface area contributed by atoms with Crippen LogP contribution in [0.3, 0.4) is 0 Å². The maximum absolute atomic E-state index is 12.8. The molecule has 0 unspecified atom stereocenters. The summed E-state index contributed by atoms with van der Waals surface area (Å²) in [6.07, 6.45) is 0. The van der Waals surface area contributed by atoms with Crippen LogP contribution in [0.4, 0.5) is 11.6 Å². The van der Waals surface area contributed by atoms with Crippen LogP contribution in [0.15, 0.2) is 12.1 Å². The molecule has 1 N–H and O–H groups in total. The number of hydrogen-bond acceptors (Lipinski definition) is 9. The Kier molecular flexibility index (Phi) is 6.45. The lowest BCUT2D eigenvalue weighted by Gasteiger charge is -2.36. The number of nitrogens with zero attached hydrogens (tertiary/aromatic N) is 7. The van der Waals surface area contributed by atoms with Crippen LogP contribution in [0.2, 0.25) is 0 Å². The predicted molar refractivity (Wildman–Crippen MR) is 117 cm³/mol. The van der Waals surface area contributed by atoms with Crippen molar-refractivity contribution >= 4 is 28.9 Å². The summed E-state index contributed by atoms with van der Waals surface area (Å²) in [5.41, 5.74) is 0.823. The van der Waals surface area contributed by atoms with Gasteiger partial charge in [-0.3, -0.25) is 9.69 Å². The highest BCUT2D eigenvalue weighted by molar-refractivity contribution is 7.13. The van der Waals surface area contributed by atoms with E-state index in [1.807, 2.05) is 30.9 Å². The topological polar surface area (TPSA) is 88.9 Å². The highest BCUT2D eigenvalue weighted by Gasteiger charge is 2.26. The van der Waals surface area contributed by atoms with Crippen molar-refractivity contribution in [2.75, 3.05) is 75.3 Å². The van der Waals surface area contributed by atoms with Crippen molar-refractivity contribution in [3.8, 4) is 0 Å². The van der Waals surface area contributed by atoms with Gasteiger partial charge >= 0.3 is 0 Å². The molecule has 0 saturated carbocycles. The van der Waals surface area contributed by atoms with Crippen LogP contribution in [-0.2, 0) is 0 Å². The smallest absolute Gasteiger partial charge is 0.265 e. The molecule has 2 saturated heterocycles. The van der Waals surface area contributed by atoms with E-state index in [9.17, 15) is 4.79 Å². The SMILES string of the molecule is Cc1nc(C)c(C(=O)N2CCN(c3ccc(N4CCN(CCO)CC4)nn3)CC2)s1. The molecule has 2 aromatic heterocycles. The average Bonchev–Trinajstić information content (AvgIpc) is 3.12. The number of piperazine rings is 2. The number of aliphatic hydroxyl groups is 1. The molecule has 162 valence electrons. The van der Waals surface area contributed by atoms with Crippen LogP contribution in [0, 0.1) is 13.8 Å². The molecule has 10 heteroatoms. The van der Waals surface area contributed by atoms with Gasteiger partial charge < -0.3 is 19.8 Å². The van der Waals surface area contributed by atoms with E-state index in [1.54, 1.807) is 0 Å². The molecule has 2 fully saturated rings. The Balaban J connectivity index is 1.31. The first-order valence-electron chi connectivity index (χ1n) is 10.5. The Morgan fingerprint density at radius 2 is 1.53 bits per heavy atom. The fourth-order valence-corrected chi connectivity index (χ4v) is 4.90. The van der Waals surface area contributed by atoms with E-state index in [1.165, 1.54) is 11.3 Å². The van der Waals surface area contributed by atoms with E-state index >= 15 is 0 Å². The minimum Gasteiger partial charge on any atom is -0.395 e. The second-order valence-corrected chi connectivity index (χ2v) is 8.93. The molecule has 30 heavy (non-hydrogen) atoms. The van der Waals surface area contributed by atoms with Gasteiger partial charge in [-0.2, -0.15) is 0 Å². The number of hydrogen-bond donors (Lipinski definition) is 1. The molecular weight excluding hydrogens is 402 g/mol. The number of carbonyl (C=O) groups is 1. The summed E-state index contributed by atoms with van der Waals surface area (Å²) in [5, 5.41) is 18.9. The van der Waals surface area contributed by atoms with E-state index in [2.05, 4.69) is 29.9 Å². The quantitative estimate of drug-likeness (QED) is 0.737. The summed E-state index contributed by atoms with van der Waals surface area (Å²) in [4.78, 5) is 26.5. The average molecular weight is 432 g/mol. The van der Waals surface area contributed by atoms with E-state index in [4.69, 9.17) is 5.11 Å². The fourth-order valence-electron chi connectivity index (χ4n) is 4.01. The Morgan fingerprint density at radius 1 is 0.967 bits per heavy atom. The zero-order valence-electron chi connectivity index (χ0n) is 17.6. The largest absolute Gasteiger partial charge is 0.395 e. The zero-order chi connectivity index (χ0) is 21.1. The Morgan fingerprint density at radius 3 is 2.00 bits per heavy atom. The molecule has 0 aliphatic carbocycles. The summed E-state index contributed by atoms with van der Waals surface area (Å²) in [6, 6.07) is 4.06. The summed E-state index contributed by atoms with van der Waals surface area (Å²) in [5.74, 6) is 1.83. The summed E-state index contributed by atoms with van der Waals surface area (Å²) in [7, 11) is 0. The van der Waals surface area contributed by atoms with Crippen molar-refractivity contribution in [3.05, 3.63) is 27.7 Å². The maximum atomic E-state index is 12.8. The normalized spacial score (nSPS) is 18.2. The standard InChI is InChI=1S/C20H29N7O2S/c1-15-19(30-16(2)21-15)20(29)27-11-9-26(10-12-27)18-4-3-17(22-23-18)25-7-5-24(6-8-25)13-14-28/h3-4,28H,5-14H2,1-2H3. The Bertz CT molecular complexity index is 857. The van der Waals surface area contributed by atoms with Gasteiger partial charge in [0.2, 0.25) is 0 Å². The Hall–Kier alpha value is -2.30. The molecule has 2 aromatic rings. The molecule has 0 radical (unpaired) electrons. The van der Waals surface area contributed by atoms with Crippen molar-refractivity contribution in [1.82, 2.24) is 25.0 Å². The molecule has 0 atom stereocenters. The van der Waals surface area contributed by atoms with Crippen LogP contribution in [0.5, 0.6) is 0 Å². The van der Waals surface area contributed by atoms with Gasteiger partial charge in [0, 0.05) is 58.9 Å². The number of aromatic nitrogens is 3. The van der Waals surface area contributed by atoms with Gasteiger partial charge in [-0.15, -0.1) is 21.5 Å². The lowest BCUT2D eigenvalue weighted by Crippen LogP contribution is -2.49. The first-order valence-corrected chi connectivity index (χ1v) is 11.3. The lowest BCUT2D eigenvalue weighted by molar-refractivity contribution is 0.0750. The second-order valence-electron chi connectivity index (χ2n) is 7.73. The third-order valence-corrected chi connectivity index (χ3v) is 6.80. The first-order chi connectivity index (χ1) is 14.5. The fraction of sp³-hybridized carbons (Fsp3) is 0.600. The van der Waals surface area contributed by atoms with E-state index in [0.29, 0.717) is 13.1 Å². The molecule has 0 bridgehead atoms. The Labute approximate surface area is 180 Å². The molecule has 0 aromatic carbocycles. The minimum absolute atomic E-state index is 0.0829. The zero-order valence-corrected chi connectivity index (χ0v) is 18.4. The lowest BCUT2D eigenvalue weighted by atomic mass is 10.2. The maximum Gasteiger partial charge on any atom is 0.265 e. The monoisotopic (exact) mass is 431 g/mol. The highest BCUT2D eigenvalue weighted by Crippen LogP contribution is 2.22. The van der Waals surface area contributed by atoms with Gasteiger partial charge in [-0.05, 0) is 26.0 Å². The predicted octanol–water partition coefficient (Wildman–Crippen LogP) is 0.627. The van der Waals surface area contributed by atoms with Gasteiger partial charge in [-0.25, -0.2) is 4.98 Å². The third kappa shape index (κ3) is 4.55. The van der Waals surface area contributed by atoms with Gasteiger partial charge in [0.15, 0.2) is 11.6 Å². The number of thiazole rings is 1. The third-order valence-electron chi connectivity index (χ3n) is 5.74. The van der Waals surface area contributed by atoms with Crippen molar-refractivity contribution in [1.29, 1.82) is 0 Å². The highest BCUT2D eigenvalue weighted by atomic mass is 32.1. The van der Waals surface area contributed by atoms with Gasteiger partial charge in [0.05, 0.1) is 17.3 Å². The molecule has 0 spiro atoms. The van der Waals surface area contributed by atoms with Crippen molar-refractivity contribution in [2.45, 2.75) is 13.8 Å². The molecule has 1 amide bonds. The number of aryl methyl sites for hydroxylation is 2. The molecule has 2 aliphatic heterocycles. The number of amides is 1. The van der Waals surface area contributed by atoms with Crippen molar-refractivity contribution in [2.24, 2.45) is 0 Å². The summed E-state index contributed by atoms with van der Waals surface area (Å²) >= 11 is 1.47. The summed E-state index contributed by atoms with van der Waals surface area (Å²) < 4.78 is 0. The number of aliphatic hydroxyl groups excluding tert-OH is 1. The molecule has 9 nitrogen and oxygen atoms in total. The van der Waals surface area contributed by atoms with Gasteiger partial charge in [0.1, 0.15) is 4.88 Å².